The van der Waals surface area contributed by atoms with Crippen molar-refractivity contribution in [1.29, 1.82) is 0 Å². The van der Waals surface area contributed by atoms with Crippen molar-refractivity contribution >= 4 is 5.82 Å². The largest absolute Gasteiger partial charge is 0.497 e. The zero-order valence-corrected chi connectivity index (χ0v) is 14.1. The molecule has 1 aromatic carbocycles. The number of pyridine rings is 1. The highest BCUT2D eigenvalue weighted by atomic mass is 16.5. The van der Waals surface area contributed by atoms with Gasteiger partial charge in [-0.15, -0.1) is 0 Å². The highest BCUT2D eigenvalue weighted by molar-refractivity contribution is 5.38. The van der Waals surface area contributed by atoms with Crippen LogP contribution in [0.3, 0.4) is 0 Å². The van der Waals surface area contributed by atoms with Crippen LogP contribution in [0.25, 0.3) is 0 Å². The highest BCUT2D eigenvalue weighted by Gasteiger charge is 2.18. The van der Waals surface area contributed by atoms with E-state index >= 15 is 0 Å². The van der Waals surface area contributed by atoms with E-state index < -0.39 is 6.10 Å². The average molecular weight is 327 g/mol. The number of methoxy groups -OCH3 is 1. The van der Waals surface area contributed by atoms with Gasteiger partial charge in [0.1, 0.15) is 11.6 Å². The molecule has 1 N–H and O–H groups in total. The Morgan fingerprint density at radius 3 is 2.46 bits per heavy atom. The SMILES string of the molecule is COc1ccc(C(O)CCN2CCN(c3ccccn3)CC2)cc1. The molecular formula is C19H25N3O2. The smallest absolute Gasteiger partial charge is 0.128 e. The van der Waals surface area contributed by atoms with Crippen LogP contribution in [0.5, 0.6) is 5.75 Å². The summed E-state index contributed by atoms with van der Waals surface area (Å²) in [5, 5.41) is 10.4. The molecule has 1 saturated heterocycles. The summed E-state index contributed by atoms with van der Waals surface area (Å²) in [6.45, 7) is 4.88. The zero-order chi connectivity index (χ0) is 16.8. The Morgan fingerprint density at radius 1 is 1.08 bits per heavy atom. The van der Waals surface area contributed by atoms with Crippen LogP contribution in [-0.4, -0.2) is 54.8 Å². The van der Waals surface area contributed by atoms with Gasteiger partial charge in [0.25, 0.3) is 0 Å². The fraction of sp³-hybridized carbons (Fsp3) is 0.421. The van der Waals surface area contributed by atoms with Crippen LogP contribution in [-0.2, 0) is 0 Å². The first-order valence-electron chi connectivity index (χ1n) is 8.46. The summed E-state index contributed by atoms with van der Waals surface area (Å²) >= 11 is 0. The number of benzene rings is 1. The number of rotatable bonds is 6. The van der Waals surface area contributed by atoms with Crippen LogP contribution in [0, 0.1) is 0 Å². The van der Waals surface area contributed by atoms with Crippen LogP contribution in [0.1, 0.15) is 18.1 Å². The van der Waals surface area contributed by atoms with Crippen molar-refractivity contribution in [2.45, 2.75) is 12.5 Å². The zero-order valence-electron chi connectivity index (χ0n) is 14.1. The second-order valence-corrected chi connectivity index (χ2v) is 6.09. The monoisotopic (exact) mass is 327 g/mol. The molecule has 1 atom stereocenters. The first-order valence-corrected chi connectivity index (χ1v) is 8.46. The van der Waals surface area contributed by atoms with Gasteiger partial charge in [0.05, 0.1) is 13.2 Å². The van der Waals surface area contributed by atoms with Gasteiger partial charge in [0, 0.05) is 38.9 Å². The van der Waals surface area contributed by atoms with Crippen molar-refractivity contribution < 1.29 is 9.84 Å². The molecule has 0 amide bonds. The third-order valence-corrected chi connectivity index (χ3v) is 4.56. The van der Waals surface area contributed by atoms with Crippen molar-refractivity contribution in [2.75, 3.05) is 44.7 Å². The molecule has 1 fully saturated rings. The normalized spacial score (nSPS) is 16.8. The number of hydrogen-bond donors (Lipinski definition) is 1. The van der Waals surface area contributed by atoms with Gasteiger partial charge in [-0.1, -0.05) is 18.2 Å². The fourth-order valence-corrected chi connectivity index (χ4v) is 3.04. The van der Waals surface area contributed by atoms with E-state index in [1.54, 1.807) is 7.11 Å². The van der Waals surface area contributed by atoms with Gasteiger partial charge < -0.3 is 14.7 Å². The molecule has 0 radical (unpaired) electrons. The summed E-state index contributed by atoms with van der Waals surface area (Å²) in [6, 6.07) is 13.7. The minimum atomic E-state index is -0.426. The molecule has 1 unspecified atom stereocenters. The first-order chi connectivity index (χ1) is 11.8. The summed E-state index contributed by atoms with van der Waals surface area (Å²) in [4.78, 5) is 9.14. The molecule has 2 aromatic rings. The predicted octanol–water partition coefficient (Wildman–Crippen LogP) is 2.34. The van der Waals surface area contributed by atoms with Crippen LogP contribution in [0.2, 0.25) is 0 Å². The summed E-state index contributed by atoms with van der Waals surface area (Å²) in [6.07, 6.45) is 2.16. The molecule has 2 heterocycles. The third kappa shape index (κ3) is 4.24. The average Bonchev–Trinajstić information content (AvgIpc) is 2.67. The summed E-state index contributed by atoms with van der Waals surface area (Å²) in [7, 11) is 1.65. The maximum Gasteiger partial charge on any atom is 0.128 e. The minimum Gasteiger partial charge on any atom is -0.497 e. The lowest BCUT2D eigenvalue weighted by Gasteiger charge is -2.35. The molecule has 3 rings (SSSR count). The van der Waals surface area contributed by atoms with Crippen molar-refractivity contribution in [3.63, 3.8) is 0 Å². The van der Waals surface area contributed by atoms with Crippen molar-refractivity contribution in [3.8, 4) is 5.75 Å². The lowest BCUT2D eigenvalue weighted by molar-refractivity contribution is 0.139. The number of nitrogens with zero attached hydrogens (tertiary/aromatic N) is 3. The second kappa shape index (κ2) is 8.13. The molecule has 128 valence electrons. The summed E-state index contributed by atoms with van der Waals surface area (Å²) < 4.78 is 5.15. The van der Waals surface area contributed by atoms with Crippen molar-refractivity contribution in [1.82, 2.24) is 9.88 Å². The van der Waals surface area contributed by atoms with Gasteiger partial charge in [0.15, 0.2) is 0 Å². The Labute approximate surface area is 143 Å². The lowest BCUT2D eigenvalue weighted by Crippen LogP contribution is -2.47. The Kier molecular flexibility index (Phi) is 5.67. The topological polar surface area (TPSA) is 48.8 Å². The number of hydrogen-bond acceptors (Lipinski definition) is 5. The van der Waals surface area contributed by atoms with E-state index in [1.165, 1.54) is 0 Å². The highest BCUT2D eigenvalue weighted by Crippen LogP contribution is 2.21. The molecule has 0 aliphatic carbocycles. The third-order valence-electron chi connectivity index (χ3n) is 4.56. The maximum atomic E-state index is 10.4. The second-order valence-electron chi connectivity index (χ2n) is 6.09. The van der Waals surface area contributed by atoms with Crippen molar-refractivity contribution in [2.24, 2.45) is 0 Å². The standard InChI is InChI=1S/C19H25N3O2/c1-24-17-7-5-16(6-8-17)18(23)9-11-21-12-14-22(15-13-21)19-4-2-3-10-20-19/h2-8,10,18,23H,9,11-15H2,1H3. The van der Waals surface area contributed by atoms with E-state index in [9.17, 15) is 5.11 Å². The Morgan fingerprint density at radius 2 is 1.83 bits per heavy atom. The van der Waals surface area contributed by atoms with E-state index in [2.05, 4.69) is 20.9 Å². The van der Waals surface area contributed by atoms with Gasteiger partial charge in [-0.05, 0) is 36.2 Å². The molecule has 1 aromatic heterocycles. The van der Waals surface area contributed by atoms with E-state index in [1.807, 2.05) is 42.6 Å². The van der Waals surface area contributed by atoms with Gasteiger partial charge in [-0.3, -0.25) is 4.90 Å². The number of aromatic nitrogens is 1. The molecule has 5 nitrogen and oxygen atoms in total. The van der Waals surface area contributed by atoms with E-state index in [0.717, 1.165) is 56.3 Å². The molecule has 0 bridgehead atoms. The number of aliphatic hydroxyl groups is 1. The quantitative estimate of drug-likeness (QED) is 0.882. The van der Waals surface area contributed by atoms with Crippen molar-refractivity contribution in [3.05, 3.63) is 54.2 Å². The predicted molar refractivity (Wildman–Crippen MR) is 95.5 cm³/mol. The lowest BCUT2D eigenvalue weighted by atomic mass is 10.1. The maximum absolute atomic E-state index is 10.4. The van der Waals surface area contributed by atoms with Crippen LogP contribution >= 0.6 is 0 Å². The summed E-state index contributed by atoms with van der Waals surface area (Å²) in [5.74, 6) is 1.87. The van der Waals surface area contributed by atoms with E-state index in [0.29, 0.717) is 0 Å². The van der Waals surface area contributed by atoms with Gasteiger partial charge in [-0.2, -0.15) is 0 Å². The number of anilines is 1. The molecule has 0 saturated carbocycles. The first kappa shape index (κ1) is 16.7. The molecular weight excluding hydrogens is 302 g/mol. The van der Waals surface area contributed by atoms with Crippen LogP contribution in [0.15, 0.2) is 48.7 Å². The fourth-order valence-electron chi connectivity index (χ4n) is 3.04. The number of aliphatic hydroxyl groups excluding tert-OH is 1. The van der Waals surface area contributed by atoms with Gasteiger partial charge in [-0.25, -0.2) is 4.98 Å². The minimum absolute atomic E-state index is 0.426. The summed E-state index contributed by atoms with van der Waals surface area (Å²) in [5.41, 5.74) is 0.947. The van der Waals surface area contributed by atoms with E-state index in [4.69, 9.17) is 4.74 Å². The van der Waals surface area contributed by atoms with E-state index in [-0.39, 0.29) is 0 Å². The molecule has 0 spiro atoms. The molecule has 24 heavy (non-hydrogen) atoms. The molecule has 5 heteroatoms. The van der Waals surface area contributed by atoms with Gasteiger partial charge in [0.2, 0.25) is 0 Å². The molecule has 1 aliphatic heterocycles. The molecule has 1 aliphatic rings. The van der Waals surface area contributed by atoms with Gasteiger partial charge >= 0.3 is 0 Å². The Balaban J connectivity index is 1.44. The Bertz CT molecular complexity index is 610. The number of piperazine rings is 1. The number of ether oxygens (including phenoxy) is 1. The van der Waals surface area contributed by atoms with Crippen LogP contribution in [0.4, 0.5) is 5.82 Å². The van der Waals surface area contributed by atoms with Crippen LogP contribution < -0.4 is 9.64 Å². The Hall–Kier alpha value is -2.11.